The maximum Gasteiger partial charge on any atom is 0.222 e. The normalized spacial score (nSPS) is 20.1. The van der Waals surface area contributed by atoms with Gasteiger partial charge in [-0.25, -0.2) is 0 Å². The van der Waals surface area contributed by atoms with Crippen LogP contribution < -0.4 is 10.6 Å². The van der Waals surface area contributed by atoms with E-state index in [2.05, 4.69) is 24.5 Å². The Labute approximate surface area is 126 Å². The fourth-order valence-electron chi connectivity index (χ4n) is 2.69. The van der Waals surface area contributed by atoms with Gasteiger partial charge in [-0.05, 0) is 43.0 Å². The Hall–Kier alpha value is -1.06. The van der Waals surface area contributed by atoms with E-state index in [1.54, 1.807) is 0 Å². The van der Waals surface area contributed by atoms with Crippen LogP contribution in [0.1, 0.15) is 44.7 Å². The van der Waals surface area contributed by atoms with Crippen LogP contribution in [0.5, 0.6) is 0 Å². The average Bonchev–Trinajstić information content (AvgIpc) is 2.90. The maximum atomic E-state index is 12.2. The summed E-state index contributed by atoms with van der Waals surface area (Å²) in [6, 6.07) is 8.10. The molecule has 2 unspecified atom stereocenters. The Morgan fingerprint density at radius 1 is 1.40 bits per heavy atom. The van der Waals surface area contributed by atoms with Gasteiger partial charge in [0.2, 0.25) is 5.91 Å². The number of carbonyl (C=O) groups is 1. The van der Waals surface area contributed by atoms with Crippen molar-refractivity contribution >= 4 is 17.5 Å². The molecule has 110 valence electrons. The summed E-state index contributed by atoms with van der Waals surface area (Å²) in [5, 5.41) is 7.24. The highest BCUT2D eigenvalue weighted by Gasteiger charge is 2.22. The molecule has 0 saturated carbocycles. The molecule has 1 saturated heterocycles. The highest BCUT2D eigenvalue weighted by molar-refractivity contribution is 6.30. The van der Waals surface area contributed by atoms with E-state index in [9.17, 15) is 4.79 Å². The molecule has 0 spiro atoms. The van der Waals surface area contributed by atoms with E-state index in [1.807, 2.05) is 24.3 Å². The fraction of sp³-hybridized carbons (Fsp3) is 0.562. The molecule has 4 heteroatoms. The number of hydrogen-bond donors (Lipinski definition) is 2. The van der Waals surface area contributed by atoms with Crippen LogP contribution in [0.2, 0.25) is 5.02 Å². The number of benzene rings is 1. The molecule has 20 heavy (non-hydrogen) atoms. The molecule has 0 aromatic heterocycles. The van der Waals surface area contributed by atoms with Gasteiger partial charge in [-0.2, -0.15) is 0 Å². The summed E-state index contributed by atoms with van der Waals surface area (Å²) < 4.78 is 0. The van der Waals surface area contributed by atoms with E-state index in [0.29, 0.717) is 18.4 Å². The minimum Gasteiger partial charge on any atom is -0.349 e. The lowest BCUT2D eigenvalue weighted by Crippen LogP contribution is -2.36. The molecule has 1 amide bonds. The number of nitrogens with one attached hydrogen (secondary N) is 2. The van der Waals surface area contributed by atoms with Gasteiger partial charge in [0, 0.05) is 17.5 Å². The molecule has 1 aliphatic heterocycles. The first-order valence-corrected chi connectivity index (χ1v) is 7.72. The zero-order valence-electron chi connectivity index (χ0n) is 12.2. The van der Waals surface area contributed by atoms with E-state index < -0.39 is 0 Å². The van der Waals surface area contributed by atoms with Crippen LogP contribution >= 0.6 is 11.6 Å². The molecule has 0 bridgehead atoms. The lowest BCUT2D eigenvalue weighted by atomic mass is 9.95. The van der Waals surface area contributed by atoms with Crippen molar-refractivity contribution in [2.75, 3.05) is 6.54 Å². The second-order valence-electron chi connectivity index (χ2n) is 5.84. The Balaban J connectivity index is 1.98. The smallest absolute Gasteiger partial charge is 0.222 e. The van der Waals surface area contributed by atoms with Gasteiger partial charge in [0.1, 0.15) is 0 Å². The van der Waals surface area contributed by atoms with E-state index >= 15 is 0 Å². The first-order chi connectivity index (χ1) is 9.56. The molecule has 1 aliphatic rings. The summed E-state index contributed by atoms with van der Waals surface area (Å²) in [5.41, 5.74) is 1.11. The van der Waals surface area contributed by atoms with Gasteiger partial charge in [-0.1, -0.05) is 37.6 Å². The molecule has 3 nitrogen and oxygen atoms in total. The largest absolute Gasteiger partial charge is 0.349 e. The molecule has 1 aromatic rings. The highest BCUT2D eigenvalue weighted by atomic mass is 35.5. The van der Waals surface area contributed by atoms with Crippen LogP contribution in [0.15, 0.2) is 24.3 Å². The van der Waals surface area contributed by atoms with Crippen LogP contribution in [0.4, 0.5) is 0 Å². The van der Waals surface area contributed by atoms with Gasteiger partial charge >= 0.3 is 0 Å². The van der Waals surface area contributed by atoms with Crippen LogP contribution in [0.3, 0.4) is 0 Å². The SMILES string of the molecule is CC(C)C(NC(=O)CC1CCCN1)c1ccc(Cl)cc1. The van der Waals surface area contributed by atoms with Crippen molar-refractivity contribution < 1.29 is 4.79 Å². The monoisotopic (exact) mass is 294 g/mol. The van der Waals surface area contributed by atoms with Crippen LogP contribution in [-0.2, 0) is 4.79 Å². The van der Waals surface area contributed by atoms with Crippen molar-refractivity contribution in [3.8, 4) is 0 Å². The summed E-state index contributed by atoms with van der Waals surface area (Å²) in [6.07, 6.45) is 2.83. The van der Waals surface area contributed by atoms with Crippen LogP contribution in [0, 0.1) is 5.92 Å². The van der Waals surface area contributed by atoms with E-state index in [4.69, 9.17) is 11.6 Å². The van der Waals surface area contributed by atoms with Crippen molar-refractivity contribution in [2.24, 2.45) is 5.92 Å². The topological polar surface area (TPSA) is 41.1 Å². The zero-order valence-corrected chi connectivity index (χ0v) is 12.9. The van der Waals surface area contributed by atoms with E-state index in [1.165, 1.54) is 6.42 Å². The molecule has 2 N–H and O–H groups in total. The predicted octanol–water partition coefficient (Wildman–Crippen LogP) is 3.30. The number of rotatable bonds is 5. The van der Waals surface area contributed by atoms with E-state index in [0.717, 1.165) is 23.6 Å². The lowest BCUT2D eigenvalue weighted by molar-refractivity contribution is -0.122. The standard InChI is InChI=1S/C16H23ClN2O/c1-11(2)16(12-5-7-13(17)8-6-12)19-15(20)10-14-4-3-9-18-14/h5-8,11,14,16,18H,3-4,9-10H2,1-2H3,(H,19,20). The minimum atomic E-state index is 0.0427. The molecule has 1 heterocycles. The second kappa shape index (κ2) is 7.09. The number of amides is 1. The number of halogens is 1. The van der Waals surface area contributed by atoms with E-state index in [-0.39, 0.29) is 11.9 Å². The molecule has 1 fully saturated rings. The molecular formula is C16H23ClN2O. The van der Waals surface area contributed by atoms with Crippen molar-refractivity contribution in [3.63, 3.8) is 0 Å². The summed E-state index contributed by atoms with van der Waals surface area (Å²) in [5.74, 6) is 0.467. The Kier molecular flexibility index (Phi) is 5.44. The first kappa shape index (κ1) is 15.3. The van der Waals surface area contributed by atoms with Gasteiger partial charge in [0.25, 0.3) is 0 Å². The first-order valence-electron chi connectivity index (χ1n) is 7.34. The second-order valence-corrected chi connectivity index (χ2v) is 6.27. The van der Waals surface area contributed by atoms with Crippen LogP contribution in [0.25, 0.3) is 0 Å². The lowest BCUT2D eigenvalue weighted by Gasteiger charge is -2.24. The van der Waals surface area contributed by atoms with Crippen molar-refractivity contribution in [1.82, 2.24) is 10.6 Å². The third-order valence-electron chi connectivity index (χ3n) is 3.81. The maximum absolute atomic E-state index is 12.2. The average molecular weight is 295 g/mol. The molecule has 0 aliphatic carbocycles. The predicted molar refractivity (Wildman–Crippen MR) is 82.8 cm³/mol. The van der Waals surface area contributed by atoms with Crippen molar-refractivity contribution in [3.05, 3.63) is 34.9 Å². The fourth-order valence-corrected chi connectivity index (χ4v) is 2.82. The van der Waals surface area contributed by atoms with Crippen LogP contribution in [-0.4, -0.2) is 18.5 Å². The van der Waals surface area contributed by atoms with Gasteiger partial charge in [0.15, 0.2) is 0 Å². The van der Waals surface area contributed by atoms with Crippen molar-refractivity contribution in [1.29, 1.82) is 0 Å². The quantitative estimate of drug-likeness (QED) is 0.875. The van der Waals surface area contributed by atoms with Gasteiger partial charge in [-0.3, -0.25) is 4.79 Å². The number of hydrogen-bond acceptors (Lipinski definition) is 2. The highest BCUT2D eigenvalue weighted by Crippen LogP contribution is 2.23. The van der Waals surface area contributed by atoms with Gasteiger partial charge in [-0.15, -0.1) is 0 Å². The number of carbonyl (C=O) groups excluding carboxylic acids is 1. The zero-order chi connectivity index (χ0) is 14.5. The van der Waals surface area contributed by atoms with Gasteiger partial charge < -0.3 is 10.6 Å². The van der Waals surface area contributed by atoms with Crippen molar-refractivity contribution in [2.45, 2.75) is 45.2 Å². The summed E-state index contributed by atoms with van der Waals surface area (Å²) in [7, 11) is 0. The summed E-state index contributed by atoms with van der Waals surface area (Å²) >= 11 is 5.92. The molecule has 2 rings (SSSR count). The molecular weight excluding hydrogens is 272 g/mol. The molecule has 0 radical (unpaired) electrons. The third-order valence-corrected chi connectivity index (χ3v) is 4.06. The Morgan fingerprint density at radius 2 is 2.10 bits per heavy atom. The third kappa shape index (κ3) is 4.22. The van der Waals surface area contributed by atoms with Gasteiger partial charge in [0.05, 0.1) is 6.04 Å². The summed E-state index contributed by atoms with van der Waals surface area (Å²) in [4.78, 5) is 12.2. The molecule has 1 aromatic carbocycles. The molecule has 2 atom stereocenters. The Morgan fingerprint density at radius 3 is 2.65 bits per heavy atom. The summed E-state index contributed by atoms with van der Waals surface area (Å²) in [6.45, 7) is 5.27. The Bertz CT molecular complexity index is 438. The minimum absolute atomic E-state index is 0.0427.